The molecular weight excluding hydrogens is 301 g/mol. The molecule has 1 saturated heterocycles. The summed E-state index contributed by atoms with van der Waals surface area (Å²) in [6, 6.07) is 6.08. The molecule has 0 saturated carbocycles. The molecule has 1 atom stereocenters. The number of halogens is 1. The van der Waals surface area contributed by atoms with Gasteiger partial charge in [-0.1, -0.05) is 12.1 Å². The van der Waals surface area contributed by atoms with Gasteiger partial charge in [-0.05, 0) is 24.6 Å². The highest BCUT2D eigenvalue weighted by Crippen LogP contribution is 2.23. The lowest BCUT2D eigenvalue weighted by Gasteiger charge is -2.33. The highest BCUT2D eigenvalue weighted by atomic mass is 19.1. The maximum atomic E-state index is 13.0. The van der Waals surface area contributed by atoms with E-state index in [4.69, 9.17) is 4.74 Å². The van der Waals surface area contributed by atoms with Crippen molar-refractivity contribution in [2.45, 2.75) is 19.4 Å². The number of aromatic nitrogens is 2. The normalized spacial score (nSPS) is 18.2. The van der Waals surface area contributed by atoms with Crippen LogP contribution >= 0.6 is 0 Å². The Bertz CT molecular complexity index is 751. The fraction of sp³-hybridized carbons (Fsp3) is 0.375. The molecule has 0 radical (unpaired) electrons. The van der Waals surface area contributed by atoms with E-state index in [9.17, 15) is 14.0 Å². The third-order valence-corrected chi connectivity index (χ3v) is 4.08. The van der Waals surface area contributed by atoms with Crippen molar-refractivity contribution in [3.05, 3.63) is 57.3 Å². The highest BCUT2D eigenvalue weighted by molar-refractivity contribution is 5.79. The molecule has 0 spiro atoms. The second-order valence-electron chi connectivity index (χ2n) is 5.61. The lowest BCUT2D eigenvalue weighted by Crippen LogP contribution is -2.43. The van der Waals surface area contributed by atoms with Crippen LogP contribution in [0.25, 0.3) is 0 Å². The molecule has 1 aliphatic heterocycles. The van der Waals surface area contributed by atoms with Crippen LogP contribution < -0.4 is 5.56 Å². The standard InChI is InChI=1S/C16H18FN3O3/c1-10-13(16(22)19-18-10)8-15(21)20-6-7-23-14(9-20)11-2-4-12(17)5-3-11/h2-5,14H,6-9H2,1H3,(H2,18,19,22). The summed E-state index contributed by atoms with van der Waals surface area (Å²) >= 11 is 0. The van der Waals surface area contributed by atoms with Crippen LogP contribution in [-0.4, -0.2) is 40.7 Å². The zero-order valence-electron chi connectivity index (χ0n) is 12.8. The first-order valence-electron chi connectivity index (χ1n) is 7.45. The minimum absolute atomic E-state index is 0.0564. The van der Waals surface area contributed by atoms with Crippen molar-refractivity contribution in [2.75, 3.05) is 19.7 Å². The molecule has 3 rings (SSSR count). The van der Waals surface area contributed by atoms with Gasteiger partial charge in [-0.2, -0.15) is 0 Å². The van der Waals surface area contributed by atoms with Crippen LogP contribution in [0.4, 0.5) is 4.39 Å². The molecule has 1 unspecified atom stereocenters. The number of ether oxygens (including phenoxy) is 1. The van der Waals surface area contributed by atoms with Gasteiger partial charge in [-0.25, -0.2) is 4.39 Å². The molecule has 7 heteroatoms. The van der Waals surface area contributed by atoms with Crippen molar-refractivity contribution >= 4 is 5.91 Å². The van der Waals surface area contributed by atoms with E-state index in [2.05, 4.69) is 10.2 Å². The predicted molar refractivity (Wildman–Crippen MR) is 81.5 cm³/mol. The SMILES string of the molecule is Cc1[nH][nH]c(=O)c1CC(=O)N1CCOC(c2ccc(F)cc2)C1. The number of hydrogen-bond donors (Lipinski definition) is 2. The Morgan fingerprint density at radius 2 is 2.09 bits per heavy atom. The van der Waals surface area contributed by atoms with Crippen molar-refractivity contribution in [3.8, 4) is 0 Å². The van der Waals surface area contributed by atoms with Crippen LogP contribution in [0.3, 0.4) is 0 Å². The number of carbonyl (C=O) groups excluding carboxylic acids is 1. The number of benzene rings is 1. The lowest BCUT2D eigenvalue weighted by molar-refractivity contribution is -0.138. The molecular formula is C16H18FN3O3. The van der Waals surface area contributed by atoms with Crippen LogP contribution in [0, 0.1) is 12.7 Å². The molecule has 6 nitrogen and oxygen atoms in total. The number of nitrogens with zero attached hydrogens (tertiary/aromatic N) is 1. The minimum Gasteiger partial charge on any atom is -0.370 e. The van der Waals surface area contributed by atoms with Crippen molar-refractivity contribution in [3.63, 3.8) is 0 Å². The number of aryl methyl sites for hydroxylation is 1. The van der Waals surface area contributed by atoms with Crippen LogP contribution in [0.1, 0.15) is 22.9 Å². The van der Waals surface area contributed by atoms with E-state index in [1.54, 1.807) is 24.0 Å². The molecule has 1 fully saturated rings. The number of amides is 1. The maximum absolute atomic E-state index is 13.0. The largest absolute Gasteiger partial charge is 0.370 e. The van der Waals surface area contributed by atoms with Crippen molar-refractivity contribution in [1.29, 1.82) is 0 Å². The quantitative estimate of drug-likeness (QED) is 0.895. The Hall–Kier alpha value is -2.41. The number of hydrogen-bond acceptors (Lipinski definition) is 3. The zero-order valence-corrected chi connectivity index (χ0v) is 12.8. The van der Waals surface area contributed by atoms with Gasteiger partial charge in [-0.3, -0.25) is 14.7 Å². The van der Waals surface area contributed by atoms with Crippen LogP contribution in [0.2, 0.25) is 0 Å². The number of carbonyl (C=O) groups is 1. The predicted octanol–water partition coefficient (Wildman–Crippen LogP) is 1.29. The molecule has 1 aromatic carbocycles. The summed E-state index contributed by atoms with van der Waals surface area (Å²) in [7, 11) is 0. The first-order valence-corrected chi connectivity index (χ1v) is 7.45. The average Bonchev–Trinajstić information content (AvgIpc) is 2.87. The van der Waals surface area contributed by atoms with E-state index in [1.807, 2.05) is 0 Å². The van der Waals surface area contributed by atoms with Gasteiger partial charge in [0.05, 0.1) is 19.6 Å². The molecule has 1 aromatic heterocycles. The molecule has 1 amide bonds. The average molecular weight is 319 g/mol. The lowest BCUT2D eigenvalue weighted by atomic mass is 10.1. The van der Waals surface area contributed by atoms with Gasteiger partial charge in [0.2, 0.25) is 5.91 Å². The topological polar surface area (TPSA) is 78.2 Å². The van der Waals surface area contributed by atoms with E-state index in [0.29, 0.717) is 31.0 Å². The first-order chi connectivity index (χ1) is 11.0. The first kappa shape index (κ1) is 15.5. The van der Waals surface area contributed by atoms with Gasteiger partial charge in [0.1, 0.15) is 11.9 Å². The Morgan fingerprint density at radius 1 is 1.35 bits per heavy atom. The van der Waals surface area contributed by atoms with Crippen LogP contribution in [0.15, 0.2) is 29.1 Å². The Labute approximate surface area is 132 Å². The van der Waals surface area contributed by atoms with E-state index in [0.717, 1.165) is 5.56 Å². The fourth-order valence-corrected chi connectivity index (χ4v) is 2.70. The number of rotatable bonds is 3. The van der Waals surface area contributed by atoms with Gasteiger partial charge in [0.15, 0.2) is 0 Å². The number of nitrogens with one attached hydrogen (secondary N) is 2. The molecule has 0 aliphatic carbocycles. The van der Waals surface area contributed by atoms with Gasteiger partial charge < -0.3 is 14.7 Å². The van der Waals surface area contributed by atoms with Gasteiger partial charge in [0.25, 0.3) is 5.56 Å². The van der Waals surface area contributed by atoms with E-state index in [1.165, 1.54) is 12.1 Å². The smallest absolute Gasteiger partial charge is 0.267 e. The van der Waals surface area contributed by atoms with E-state index in [-0.39, 0.29) is 29.8 Å². The van der Waals surface area contributed by atoms with E-state index < -0.39 is 0 Å². The molecule has 2 aromatic rings. The molecule has 1 aliphatic rings. The van der Waals surface area contributed by atoms with E-state index >= 15 is 0 Å². The monoisotopic (exact) mass is 319 g/mol. The fourth-order valence-electron chi connectivity index (χ4n) is 2.70. The molecule has 0 bridgehead atoms. The van der Waals surface area contributed by atoms with Crippen molar-refractivity contribution in [2.24, 2.45) is 0 Å². The van der Waals surface area contributed by atoms with Gasteiger partial charge >= 0.3 is 0 Å². The second kappa shape index (κ2) is 6.37. The minimum atomic E-state index is -0.306. The summed E-state index contributed by atoms with van der Waals surface area (Å²) in [6.07, 6.45) is -0.222. The zero-order chi connectivity index (χ0) is 16.4. The third-order valence-electron chi connectivity index (χ3n) is 4.08. The summed E-state index contributed by atoms with van der Waals surface area (Å²) in [5.74, 6) is -0.423. The Morgan fingerprint density at radius 3 is 2.74 bits per heavy atom. The second-order valence-corrected chi connectivity index (χ2v) is 5.61. The summed E-state index contributed by atoms with van der Waals surface area (Å²) in [6.45, 7) is 3.04. The molecule has 122 valence electrons. The van der Waals surface area contributed by atoms with Gasteiger partial charge in [-0.15, -0.1) is 0 Å². The van der Waals surface area contributed by atoms with Crippen molar-refractivity contribution in [1.82, 2.24) is 15.1 Å². The molecule has 23 heavy (non-hydrogen) atoms. The van der Waals surface area contributed by atoms with Crippen LogP contribution in [0.5, 0.6) is 0 Å². The van der Waals surface area contributed by atoms with Gasteiger partial charge in [0, 0.05) is 17.8 Å². The number of H-pyrrole nitrogens is 2. The highest BCUT2D eigenvalue weighted by Gasteiger charge is 2.26. The maximum Gasteiger partial charge on any atom is 0.267 e. The Balaban J connectivity index is 1.69. The summed E-state index contributed by atoms with van der Waals surface area (Å²) in [5, 5.41) is 5.19. The molecule has 2 heterocycles. The summed E-state index contributed by atoms with van der Waals surface area (Å²) in [5.41, 5.74) is 1.70. The van der Waals surface area contributed by atoms with Crippen molar-refractivity contribution < 1.29 is 13.9 Å². The molecule has 2 N–H and O–H groups in total. The third kappa shape index (κ3) is 3.34. The number of morpholine rings is 1. The number of aromatic amines is 2. The Kier molecular flexibility index (Phi) is 4.29. The summed E-state index contributed by atoms with van der Waals surface area (Å²) < 4.78 is 18.7. The van der Waals surface area contributed by atoms with Crippen LogP contribution in [-0.2, 0) is 16.0 Å². The summed E-state index contributed by atoms with van der Waals surface area (Å²) in [4.78, 5) is 25.8.